The summed E-state index contributed by atoms with van der Waals surface area (Å²) >= 11 is 3.69. The van der Waals surface area contributed by atoms with E-state index in [0.29, 0.717) is 5.75 Å². The molecule has 0 aliphatic carbocycles. The summed E-state index contributed by atoms with van der Waals surface area (Å²) in [7, 11) is 0. The van der Waals surface area contributed by atoms with Gasteiger partial charge in [0.15, 0.2) is 0 Å². The molecule has 0 saturated carbocycles. The van der Waals surface area contributed by atoms with Gasteiger partial charge in [-0.05, 0) is 0 Å². The van der Waals surface area contributed by atoms with E-state index < -0.39 is 6.10 Å². The fourth-order valence-electron chi connectivity index (χ4n) is 0.0577. The van der Waals surface area contributed by atoms with Gasteiger partial charge in [-0.25, -0.2) is 0 Å². The van der Waals surface area contributed by atoms with Gasteiger partial charge in [0.1, 0.15) is 0 Å². The van der Waals surface area contributed by atoms with Crippen molar-refractivity contribution in [1.82, 2.24) is 0 Å². The summed E-state index contributed by atoms with van der Waals surface area (Å²) in [6.45, 7) is -0.191. The molecule has 46 valence electrons. The number of aliphatic hydroxyl groups excluding tert-OH is 2. The van der Waals surface area contributed by atoms with Gasteiger partial charge in [0.25, 0.3) is 0 Å². The first-order valence-corrected chi connectivity index (χ1v) is 2.34. The van der Waals surface area contributed by atoms with Crippen molar-refractivity contribution in [3.8, 4) is 0 Å². The Morgan fingerprint density at radius 2 is 2.00 bits per heavy atom. The molecule has 4 heteroatoms. The first-order chi connectivity index (χ1) is 2.81. The van der Waals surface area contributed by atoms with Crippen LogP contribution in [0.5, 0.6) is 0 Å². The van der Waals surface area contributed by atoms with E-state index in [1.807, 2.05) is 0 Å². The molecule has 0 spiro atoms. The van der Waals surface area contributed by atoms with Crippen LogP contribution in [0.15, 0.2) is 0 Å². The second kappa shape index (κ2) is 7.53. The molecule has 0 aromatic carbocycles. The molecule has 0 heterocycles. The molecule has 0 saturated heterocycles. The summed E-state index contributed by atoms with van der Waals surface area (Å²) in [5.74, 6) is 0.330. The third-order valence-corrected chi connectivity index (χ3v) is 0.843. The molecule has 0 rings (SSSR count). The van der Waals surface area contributed by atoms with Crippen LogP contribution < -0.4 is 0 Å². The zero-order valence-corrected chi connectivity index (χ0v) is 5.29. The van der Waals surface area contributed by atoms with E-state index in [1.54, 1.807) is 0 Å². The minimum atomic E-state index is -0.645. The van der Waals surface area contributed by atoms with Crippen LogP contribution in [-0.2, 0) is 0 Å². The number of hydrogen-bond acceptors (Lipinski definition) is 3. The van der Waals surface area contributed by atoms with Crippen molar-refractivity contribution in [2.45, 2.75) is 6.10 Å². The van der Waals surface area contributed by atoms with Gasteiger partial charge < -0.3 is 10.2 Å². The summed E-state index contributed by atoms with van der Waals surface area (Å²) in [6.07, 6.45) is -0.645. The third-order valence-electron chi connectivity index (χ3n) is 0.421. The third kappa shape index (κ3) is 7.53. The van der Waals surface area contributed by atoms with Crippen molar-refractivity contribution in [2.75, 3.05) is 12.4 Å². The molecule has 0 amide bonds. The van der Waals surface area contributed by atoms with Crippen LogP contribution in [0, 0.1) is 37.7 Å². The minimum absolute atomic E-state index is 0. The Morgan fingerprint density at radius 3 is 2.00 bits per heavy atom. The molecule has 7 heavy (non-hydrogen) atoms. The largest absolute Gasteiger partial charge is 0.394 e. The quantitative estimate of drug-likeness (QED) is 0.452. The minimum Gasteiger partial charge on any atom is -0.394 e. The molecule has 1 unspecified atom stereocenters. The second-order valence-corrected chi connectivity index (χ2v) is 1.38. The van der Waals surface area contributed by atoms with Crippen molar-refractivity contribution in [3.63, 3.8) is 0 Å². The van der Waals surface area contributed by atoms with E-state index in [2.05, 4.69) is 12.6 Å². The van der Waals surface area contributed by atoms with Crippen LogP contribution >= 0.6 is 12.6 Å². The van der Waals surface area contributed by atoms with Crippen LogP contribution in [0.25, 0.3) is 0 Å². The van der Waals surface area contributed by atoms with Gasteiger partial charge in [-0.3, -0.25) is 0 Å². The van der Waals surface area contributed by atoms with E-state index in [-0.39, 0.29) is 44.3 Å². The molecular weight excluding hydrogens is 140 g/mol. The van der Waals surface area contributed by atoms with Crippen LogP contribution in [0.2, 0.25) is 0 Å². The van der Waals surface area contributed by atoms with Gasteiger partial charge in [0, 0.05) is 43.5 Å². The van der Waals surface area contributed by atoms with Crippen LogP contribution in [-0.4, -0.2) is 28.7 Å². The molecule has 1 atom stereocenters. The van der Waals surface area contributed by atoms with Gasteiger partial charge >= 0.3 is 0 Å². The van der Waals surface area contributed by atoms with Gasteiger partial charge in [-0.15, -0.1) is 0 Å². The van der Waals surface area contributed by atoms with E-state index in [0.717, 1.165) is 0 Å². The zero-order chi connectivity index (χ0) is 4.99. The standard InChI is InChI=1S/C3H8O2S.Ar/c4-1-3(5)2-6;/h3-6H,1-2H2;. The average molecular weight is 148 g/mol. The second-order valence-electron chi connectivity index (χ2n) is 1.02. The Hall–Kier alpha value is 1.53. The van der Waals surface area contributed by atoms with Gasteiger partial charge in [-0.2, -0.15) is 12.6 Å². The monoisotopic (exact) mass is 148 g/mol. The van der Waals surface area contributed by atoms with Crippen LogP contribution in [0.4, 0.5) is 0 Å². The first-order valence-electron chi connectivity index (χ1n) is 1.71. The number of aliphatic hydroxyl groups is 2. The fraction of sp³-hybridized carbons (Fsp3) is 1.00. The molecule has 0 aliphatic heterocycles. The zero-order valence-electron chi connectivity index (χ0n) is 3.69. The van der Waals surface area contributed by atoms with Crippen LogP contribution in [0.1, 0.15) is 0 Å². The van der Waals surface area contributed by atoms with Crippen molar-refractivity contribution >= 4 is 12.6 Å². The van der Waals surface area contributed by atoms with E-state index >= 15 is 0 Å². The first kappa shape index (κ1) is 11.3. The molecule has 0 fully saturated rings. The van der Waals surface area contributed by atoms with Crippen molar-refractivity contribution in [2.24, 2.45) is 0 Å². The molecule has 2 nitrogen and oxygen atoms in total. The molecule has 0 aromatic rings. The van der Waals surface area contributed by atoms with Gasteiger partial charge in [0.05, 0.1) is 12.7 Å². The Balaban J connectivity index is 0. The summed E-state index contributed by atoms with van der Waals surface area (Å²) in [5.41, 5.74) is 0. The topological polar surface area (TPSA) is 40.5 Å². The number of hydrogen-bond donors (Lipinski definition) is 3. The summed E-state index contributed by atoms with van der Waals surface area (Å²) in [6, 6.07) is 0. The average Bonchev–Trinajstić information content (AvgIpc) is 1.65. The Labute approximate surface area is 78.3 Å². The SMILES string of the molecule is OCC(O)CS.[Ar]. The van der Waals surface area contributed by atoms with E-state index in [9.17, 15) is 0 Å². The summed E-state index contributed by atoms with van der Waals surface area (Å²) in [5, 5.41) is 16.4. The predicted octanol–water partition coefficient (Wildman–Crippen LogP) is -0.731. The molecule has 2 N–H and O–H groups in total. The van der Waals surface area contributed by atoms with E-state index in [1.165, 1.54) is 0 Å². The Morgan fingerprint density at radius 1 is 1.57 bits per heavy atom. The molecule has 0 radical (unpaired) electrons. The van der Waals surface area contributed by atoms with Crippen molar-refractivity contribution in [1.29, 1.82) is 0 Å². The van der Waals surface area contributed by atoms with Crippen molar-refractivity contribution in [3.05, 3.63) is 0 Å². The predicted molar refractivity (Wildman–Crippen MR) is 26.9 cm³/mol. The molecule has 0 bridgehead atoms. The maximum absolute atomic E-state index is 8.34. The maximum Gasteiger partial charge on any atom is 0.0858 e. The summed E-state index contributed by atoms with van der Waals surface area (Å²) < 4.78 is 0. The van der Waals surface area contributed by atoms with Gasteiger partial charge in [-0.1, -0.05) is 0 Å². The number of rotatable bonds is 2. The van der Waals surface area contributed by atoms with E-state index in [4.69, 9.17) is 10.2 Å². The summed E-state index contributed by atoms with van der Waals surface area (Å²) in [4.78, 5) is 0. The smallest absolute Gasteiger partial charge is 0.0858 e. The maximum atomic E-state index is 8.34. The number of thiol groups is 1. The molecule has 0 aliphatic rings. The van der Waals surface area contributed by atoms with Crippen molar-refractivity contribution < 1.29 is 48.0 Å². The molecule has 0 aromatic heterocycles. The normalized spacial score (nSPS) is 12.4. The molecular formula is C3H8ArO2S. The Bertz CT molecular complexity index is 32.1. The Kier molecular flexibility index (Phi) is 12.2. The fourth-order valence-corrected chi connectivity index (χ4v) is 0.173. The van der Waals surface area contributed by atoms with Crippen LogP contribution in [0.3, 0.4) is 0 Å². The van der Waals surface area contributed by atoms with Gasteiger partial charge in [0.2, 0.25) is 0 Å².